The number of ether oxygens (including phenoxy) is 1. The highest BCUT2D eigenvalue weighted by atomic mass is 16.5. The van der Waals surface area contributed by atoms with E-state index in [9.17, 15) is 0 Å². The fraction of sp³-hybridized carbons (Fsp3) is 0.909. The van der Waals surface area contributed by atoms with E-state index >= 15 is 0 Å². The standard InChI is InChI=1S/C11H19NO/c1-11(2,9-12)6-3-7-13-8-10-4-5-10/h10H,3-8H2,1-2H3. The zero-order valence-electron chi connectivity index (χ0n) is 8.68. The molecule has 0 aromatic carbocycles. The lowest BCUT2D eigenvalue weighted by atomic mass is 9.90. The first-order valence-electron chi connectivity index (χ1n) is 5.13. The predicted molar refractivity (Wildman–Crippen MR) is 52.2 cm³/mol. The van der Waals surface area contributed by atoms with E-state index in [0.29, 0.717) is 0 Å². The molecule has 0 aliphatic heterocycles. The summed E-state index contributed by atoms with van der Waals surface area (Å²) in [5, 5.41) is 8.76. The van der Waals surface area contributed by atoms with Crippen molar-refractivity contribution in [3.05, 3.63) is 0 Å². The maximum atomic E-state index is 8.76. The predicted octanol–water partition coefficient (Wildman–Crippen LogP) is 2.74. The molecular weight excluding hydrogens is 162 g/mol. The normalized spacial score (nSPS) is 17.0. The summed E-state index contributed by atoms with van der Waals surface area (Å²) in [6.45, 7) is 5.72. The Kier molecular flexibility index (Phi) is 3.74. The summed E-state index contributed by atoms with van der Waals surface area (Å²) in [6, 6.07) is 2.30. The third kappa shape index (κ3) is 4.90. The molecule has 1 aliphatic rings. The van der Waals surface area contributed by atoms with Gasteiger partial charge in [0.2, 0.25) is 0 Å². The Hall–Kier alpha value is -0.550. The average molecular weight is 181 g/mol. The molecule has 0 aromatic heterocycles. The molecule has 0 bridgehead atoms. The fourth-order valence-electron chi connectivity index (χ4n) is 1.21. The molecule has 0 N–H and O–H groups in total. The Balaban J connectivity index is 1.91. The summed E-state index contributed by atoms with van der Waals surface area (Å²) >= 11 is 0. The van der Waals surface area contributed by atoms with Crippen LogP contribution in [0, 0.1) is 22.7 Å². The Labute approximate surface area is 80.9 Å². The van der Waals surface area contributed by atoms with Crippen molar-refractivity contribution in [3.8, 4) is 6.07 Å². The smallest absolute Gasteiger partial charge is 0.0683 e. The molecule has 1 saturated carbocycles. The zero-order valence-corrected chi connectivity index (χ0v) is 8.68. The van der Waals surface area contributed by atoms with Gasteiger partial charge in [0.05, 0.1) is 11.5 Å². The summed E-state index contributed by atoms with van der Waals surface area (Å²) < 4.78 is 5.49. The number of nitriles is 1. The SMILES string of the molecule is CC(C)(C#N)CCCOCC1CC1. The second-order valence-electron chi connectivity index (χ2n) is 4.62. The van der Waals surface area contributed by atoms with Gasteiger partial charge in [-0.3, -0.25) is 0 Å². The number of hydrogen-bond acceptors (Lipinski definition) is 2. The quantitative estimate of drug-likeness (QED) is 0.590. The van der Waals surface area contributed by atoms with Crippen molar-refractivity contribution in [3.63, 3.8) is 0 Å². The summed E-state index contributed by atoms with van der Waals surface area (Å²) in [4.78, 5) is 0. The van der Waals surface area contributed by atoms with Gasteiger partial charge >= 0.3 is 0 Å². The van der Waals surface area contributed by atoms with Crippen molar-refractivity contribution in [1.82, 2.24) is 0 Å². The lowest BCUT2D eigenvalue weighted by Gasteiger charge is -2.14. The van der Waals surface area contributed by atoms with E-state index in [1.807, 2.05) is 13.8 Å². The number of hydrogen-bond donors (Lipinski definition) is 0. The number of nitrogens with zero attached hydrogens (tertiary/aromatic N) is 1. The van der Waals surface area contributed by atoms with Crippen molar-refractivity contribution in [2.45, 2.75) is 39.5 Å². The lowest BCUT2D eigenvalue weighted by Crippen LogP contribution is -2.09. The van der Waals surface area contributed by atoms with Gasteiger partial charge in [0.15, 0.2) is 0 Å². The Morgan fingerprint density at radius 1 is 1.46 bits per heavy atom. The third-order valence-electron chi connectivity index (χ3n) is 2.44. The van der Waals surface area contributed by atoms with Crippen LogP contribution in [-0.4, -0.2) is 13.2 Å². The van der Waals surface area contributed by atoms with Gasteiger partial charge in [-0.05, 0) is 45.4 Å². The Bertz CT molecular complexity index is 189. The van der Waals surface area contributed by atoms with Crippen LogP contribution < -0.4 is 0 Å². The first-order valence-corrected chi connectivity index (χ1v) is 5.13. The van der Waals surface area contributed by atoms with Crippen LogP contribution in [0.15, 0.2) is 0 Å². The van der Waals surface area contributed by atoms with Gasteiger partial charge in [-0.25, -0.2) is 0 Å². The summed E-state index contributed by atoms with van der Waals surface area (Å²) in [5.41, 5.74) is -0.178. The molecule has 1 fully saturated rings. The molecule has 74 valence electrons. The Morgan fingerprint density at radius 3 is 2.69 bits per heavy atom. The first kappa shape index (κ1) is 10.5. The summed E-state index contributed by atoms with van der Waals surface area (Å²) in [5.74, 6) is 0.851. The molecule has 0 aromatic rings. The van der Waals surface area contributed by atoms with E-state index in [1.165, 1.54) is 12.8 Å². The van der Waals surface area contributed by atoms with Crippen LogP contribution in [-0.2, 0) is 4.74 Å². The molecule has 0 saturated heterocycles. The van der Waals surface area contributed by atoms with Gasteiger partial charge in [0.25, 0.3) is 0 Å². The fourth-order valence-corrected chi connectivity index (χ4v) is 1.21. The lowest BCUT2D eigenvalue weighted by molar-refractivity contribution is 0.116. The van der Waals surface area contributed by atoms with E-state index in [2.05, 4.69) is 6.07 Å². The van der Waals surface area contributed by atoms with Crippen LogP contribution in [0.1, 0.15) is 39.5 Å². The van der Waals surface area contributed by atoms with Crippen LogP contribution in [0.2, 0.25) is 0 Å². The minimum atomic E-state index is -0.178. The molecule has 0 atom stereocenters. The highest BCUT2D eigenvalue weighted by Gasteiger charge is 2.21. The van der Waals surface area contributed by atoms with Crippen LogP contribution in [0.4, 0.5) is 0 Å². The number of rotatable bonds is 6. The van der Waals surface area contributed by atoms with Crippen molar-refractivity contribution in [1.29, 1.82) is 5.26 Å². The monoisotopic (exact) mass is 181 g/mol. The van der Waals surface area contributed by atoms with Gasteiger partial charge in [-0.1, -0.05) is 0 Å². The van der Waals surface area contributed by atoms with Crippen LogP contribution in [0.3, 0.4) is 0 Å². The first-order chi connectivity index (χ1) is 6.14. The second-order valence-corrected chi connectivity index (χ2v) is 4.62. The molecule has 1 rings (SSSR count). The van der Waals surface area contributed by atoms with E-state index in [-0.39, 0.29) is 5.41 Å². The highest BCUT2D eigenvalue weighted by molar-refractivity contribution is 4.91. The second kappa shape index (κ2) is 4.62. The third-order valence-corrected chi connectivity index (χ3v) is 2.44. The van der Waals surface area contributed by atoms with Crippen LogP contribution >= 0.6 is 0 Å². The minimum absolute atomic E-state index is 0.178. The zero-order chi connectivity index (χ0) is 9.73. The molecule has 2 nitrogen and oxygen atoms in total. The molecule has 2 heteroatoms. The van der Waals surface area contributed by atoms with Crippen LogP contribution in [0.25, 0.3) is 0 Å². The van der Waals surface area contributed by atoms with Crippen molar-refractivity contribution >= 4 is 0 Å². The molecule has 0 spiro atoms. The largest absolute Gasteiger partial charge is 0.381 e. The highest BCUT2D eigenvalue weighted by Crippen LogP contribution is 2.29. The van der Waals surface area contributed by atoms with Gasteiger partial charge in [-0.15, -0.1) is 0 Å². The Morgan fingerprint density at radius 2 is 2.15 bits per heavy atom. The maximum absolute atomic E-state index is 8.76. The molecule has 0 amide bonds. The van der Waals surface area contributed by atoms with Crippen molar-refractivity contribution in [2.24, 2.45) is 11.3 Å². The molecule has 0 heterocycles. The van der Waals surface area contributed by atoms with E-state index in [0.717, 1.165) is 32.0 Å². The van der Waals surface area contributed by atoms with Crippen LogP contribution in [0.5, 0.6) is 0 Å². The van der Waals surface area contributed by atoms with Gasteiger partial charge < -0.3 is 4.74 Å². The molecule has 0 unspecified atom stereocenters. The van der Waals surface area contributed by atoms with Crippen molar-refractivity contribution in [2.75, 3.05) is 13.2 Å². The minimum Gasteiger partial charge on any atom is -0.381 e. The van der Waals surface area contributed by atoms with E-state index < -0.39 is 0 Å². The molecule has 0 radical (unpaired) electrons. The van der Waals surface area contributed by atoms with E-state index in [1.54, 1.807) is 0 Å². The van der Waals surface area contributed by atoms with Gasteiger partial charge in [0, 0.05) is 13.2 Å². The van der Waals surface area contributed by atoms with Gasteiger partial charge in [-0.2, -0.15) is 5.26 Å². The maximum Gasteiger partial charge on any atom is 0.0683 e. The summed E-state index contributed by atoms with van der Waals surface area (Å²) in [6.07, 6.45) is 4.65. The van der Waals surface area contributed by atoms with Crippen molar-refractivity contribution < 1.29 is 4.74 Å². The molecule has 1 aliphatic carbocycles. The molecule has 13 heavy (non-hydrogen) atoms. The van der Waals surface area contributed by atoms with Gasteiger partial charge in [0.1, 0.15) is 0 Å². The topological polar surface area (TPSA) is 33.0 Å². The molecular formula is C11H19NO. The average Bonchev–Trinajstić information content (AvgIpc) is 2.87. The summed E-state index contributed by atoms with van der Waals surface area (Å²) in [7, 11) is 0. The van der Waals surface area contributed by atoms with E-state index in [4.69, 9.17) is 10.00 Å².